The van der Waals surface area contributed by atoms with Crippen LogP contribution in [0.5, 0.6) is 5.75 Å². The molecule has 0 fully saturated rings. The lowest BCUT2D eigenvalue weighted by molar-refractivity contribution is -0.118. The molecule has 0 bridgehead atoms. The van der Waals surface area contributed by atoms with Crippen molar-refractivity contribution in [2.45, 2.75) is 20.8 Å². The molecule has 22 heavy (non-hydrogen) atoms. The minimum Gasteiger partial charge on any atom is -0.484 e. The average Bonchev–Trinajstić information content (AvgIpc) is 2.46. The van der Waals surface area contributed by atoms with Crippen LogP contribution in [0.1, 0.15) is 16.7 Å². The van der Waals surface area contributed by atoms with E-state index in [-0.39, 0.29) is 12.5 Å². The zero-order valence-corrected chi connectivity index (χ0v) is 13.6. The standard InChI is InChI=1S/C17H19ClN2O2/c1-10-4-5-13(19)8-15(10)20-16(21)9-22-14-6-11(2)17(18)12(3)7-14/h4-8H,9,19H2,1-3H3,(H,20,21). The van der Waals surface area contributed by atoms with Crippen molar-refractivity contribution in [1.29, 1.82) is 0 Å². The molecule has 2 rings (SSSR count). The molecule has 5 heteroatoms. The number of anilines is 2. The summed E-state index contributed by atoms with van der Waals surface area (Å²) in [6.45, 7) is 5.63. The Hall–Kier alpha value is -2.20. The first-order chi connectivity index (χ1) is 10.4. The highest BCUT2D eigenvalue weighted by Gasteiger charge is 2.08. The van der Waals surface area contributed by atoms with Crippen LogP contribution in [0.2, 0.25) is 5.02 Å². The first kappa shape index (κ1) is 16.2. The van der Waals surface area contributed by atoms with Crippen LogP contribution in [0.15, 0.2) is 30.3 Å². The highest BCUT2D eigenvalue weighted by atomic mass is 35.5. The third kappa shape index (κ3) is 3.92. The molecular formula is C17H19ClN2O2. The third-order valence-electron chi connectivity index (χ3n) is 3.32. The Bertz CT molecular complexity index is 691. The van der Waals surface area contributed by atoms with Crippen LogP contribution >= 0.6 is 11.6 Å². The van der Waals surface area contributed by atoms with Crippen LogP contribution in [0, 0.1) is 20.8 Å². The van der Waals surface area contributed by atoms with E-state index in [0.29, 0.717) is 22.1 Å². The van der Waals surface area contributed by atoms with Crippen molar-refractivity contribution < 1.29 is 9.53 Å². The molecule has 0 atom stereocenters. The van der Waals surface area contributed by atoms with Gasteiger partial charge in [-0.25, -0.2) is 0 Å². The summed E-state index contributed by atoms with van der Waals surface area (Å²) in [4.78, 5) is 12.0. The lowest BCUT2D eigenvalue weighted by Gasteiger charge is -2.12. The molecule has 4 nitrogen and oxygen atoms in total. The number of nitrogens with one attached hydrogen (secondary N) is 1. The van der Waals surface area contributed by atoms with E-state index in [2.05, 4.69) is 5.32 Å². The Morgan fingerprint density at radius 1 is 1.14 bits per heavy atom. The Labute approximate surface area is 135 Å². The SMILES string of the molecule is Cc1ccc(N)cc1NC(=O)COc1cc(C)c(Cl)c(C)c1. The van der Waals surface area contributed by atoms with Crippen LogP contribution in [0.25, 0.3) is 0 Å². The number of benzene rings is 2. The Morgan fingerprint density at radius 2 is 1.77 bits per heavy atom. The minimum absolute atomic E-state index is 0.0747. The first-order valence-electron chi connectivity index (χ1n) is 6.92. The molecule has 0 saturated heterocycles. The zero-order chi connectivity index (χ0) is 16.3. The summed E-state index contributed by atoms with van der Waals surface area (Å²) in [5.74, 6) is 0.387. The predicted molar refractivity (Wildman–Crippen MR) is 90.6 cm³/mol. The summed E-state index contributed by atoms with van der Waals surface area (Å²) in [6.07, 6.45) is 0. The van der Waals surface area contributed by atoms with Gasteiger partial charge in [-0.2, -0.15) is 0 Å². The number of nitrogen functional groups attached to an aromatic ring is 1. The van der Waals surface area contributed by atoms with Gasteiger partial charge in [-0.15, -0.1) is 0 Å². The molecule has 2 aromatic carbocycles. The number of aryl methyl sites for hydroxylation is 3. The molecule has 0 aromatic heterocycles. The second kappa shape index (κ2) is 6.71. The van der Waals surface area contributed by atoms with Crippen LogP contribution in [0.4, 0.5) is 11.4 Å². The van der Waals surface area contributed by atoms with Crippen LogP contribution in [0.3, 0.4) is 0 Å². The van der Waals surface area contributed by atoms with Gasteiger partial charge >= 0.3 is 0 Å². The Balaban J connectivity index is 2.00. The van der Waals surface area contributed by atoms with Gasteiger partial charge in [0.25, 0.3) is 5.91 Å². The number of amides is 1. The van der Waals surface area contributed by atoms with Gasteiger partial charge < -0.3 is 15.8 Å². The molecule has 116 valence electrons. The van der Waals surface area contributed by atoms with Gasteiger partial charge in [0.05, 0.1) is 0 Å². The summed E-state index contributed by atoms with van der Waals surface area (Å²) >= 11 is 6.11. The molecule has 0 aliphatic rings. The van der Waals surface area contributed by atoms with Crippen LogP contribution in [-0.4, -0.2) is 12.5 Å². The summed E-state index contributed by atoms with van der Waals surface area (Å²) < 4.78 is 5.52. The average molecular weight is 319 g/mol. The van der Waals surface area contributed by atoms with Crippen molar-refractivity contribution in [3.05, 3.63) is 52.0 Å². The fourth-order valence-electron chi connectivity index (χ4n) is 2.10. The van der Waals surface area contributed by atoms with Gasteiger partial charge in [0.2, 0.25) is 0 Å². The van der Waals surface area contributed by atoms with E-state index < -0.39 is 0 Å². The maximum atomic E-state index is 12.0. The molecule has 2 aromatic rings. The second-order valence-corrected chi connectivity index (χ2v) is 5.66. The lowest BCUT2D eigenvalue weighted by atomic mass is 10.1. The number of nitrogens with two attached hydrogens (primary N) is 1. The summed E-state index contributed by atoms with van der Waals surface area (Å²) in [6, 6.07) is 9.00. The van der Waals surface area contributed by atoms with Gasteiger partial charge in [-0.1, -0.05) is 17.7 Å². The van der Waals surface area contributed by atoms with E-state index in [4.69, 9.17) is 22.1 Å². The van der Waals surface area contributed by atoms with Gasteiger partial charge in [-0.3, -0.25) is 4.79 Å². The molecule has 1 amide bonds. The van der Waals surface area contributed by atoms with Gasteiger partial charge in [0.15, 0.2) is 6.61 Å². The van der Waals surface area contributed by atoms with Gasteiger partial charge in [-0.05, 0) is 61.7 Å². The first-order valence-corrected chi connectivity index (χ1v) is 7.30. The molecule has 0 saturated carbocycles. The minimum atomic E-state index is -0.237. The van der Waals surface area contributed by atoms with Gasteiger partial charge in [0.1, 0.15) is 5.75 Å². The topological polar surface area (TPSA) is 64.3 Å². The number of rotatable bonds is 4. The van der Waals surface area contributed by atoms with Gasteiger partial charge in [0, 0.05) is 16.4 Å². The molecule has 0 aliphatic heterocycles. The van der Waals surface area contributed by atoms with E-state index in [9.17, 15) is 4.79 Å². The highest BCUT2D eigenvalue weighted by molar-refractivity contribution is 6.32. The maximum absolute atomic E-state index is 12.0. The van der Waals surface area contributed by atoms with Crippen LogP contribution < -0.4 is 15.8 Å². The monoisotopic (exact) mass is 318 g/mol. The van der Waals surface area contributed by atoms with Crippen LogP contribution in [-0.2, 0) is 4.79 Å². The second-order valence-electron chi connectivity index (χ2n) is 5.28. The molecule has 0 heterocycles. The molecule has 3 N–H and O–H groups in total. The molecule has 0 unspecified atom stereocenters. The largest absolute Gasteiger partial charge is 0.484 e. The number of halogens is 1. The van der Waals surface area contributed by atoms with E-state index in [1.807, 2.05) is 39.0 Å². The summed E-state index contributed by atoms with van der Waals surface area (Å²) in [7, 11) is 0. The van der Waals surface area contributed by atoms with Crippen molar-refractivity contribution in [3.63, 3.8) is 0 Å². The smallest absolute Gasteiger partial charge is 0.262 e. The normalized spacial score (nSPS) is 10.4. The predicted octanol–water partition coefficient (Wildman–Crippen LogP) is 3.86. The number of hydrogen-bond acceptors (Lipinski definition) is 3. The number of carbonyl (C=O) groups is 1. The molecule has 0 radical (unpaired) electrons. The molecule has 0 spiro atoms. The quantitative estimate of drug-likeness (QED) is 0.841. The lowest BCUT2D eigenvalue weighted by Crippen LogP contribution is -2.20. The molecular weight excluding hydrogens is 300 g/mol. The van der Waals surface area contributed by atoms with E-state index in [1.54, 1.807) is 12.1 Å². The number of carbonyl (C=O) groups excluding carboxylic acids is 1. The maximum Gasteiger partial charge on any atom is 0.262 e. The van der Waals surface area contributed by atoms with E-state index in [0.717, 1.165) is 16.7 Å². The summed E-state index contributed by atoms with van der Waals surface area (Å²) in [5.41, 5.74) is 9.80. The van der Waals surface area contributed by atoms with Crippen molar-refractivity contribution in [2.75, 3.05) is 17.7 Å². The number of ether oxygens (including phenoxy) is 1. The highest BCUT2D eigenvalue weighted by Crippen LogP contribution is 2.26. The van der Waals surface area contributed by atoms with Crippen molar-refractivity contribution >= 4 is 28.9 Å². The van der Waals surface area contributed by atoms with Crippen molar-refractivity contribution in [1.82, 2.24) is 0 Å². The Morgan fingerprint density at radius 3 is 2.41 bits per heavy atom. The summed E-state index contributed by atoms with van der Waals surface area (Å²) in [5, 5.41) is 3.51. The fraction of sp³-hybridized carbons (Fsp3) is 0.235. The zero-order valence-electron chi connectivity index (χ0n) is 12.9. The fourth-order valence-corrected chi connectivity index (χ4v) is 2.21. The molecule has 0 aliphatic carbocycles. The Kier molecular flexibility index (Phi) is 4.93. The van der Waals surface area contributed by atoms with Crippen molar-refractivity contribution in [3.8, 4) is 5.75 Å². The number of hydrogen-bond donors (Lipinski definition) is 2. The third-order valence-corrected chi connectivity index (χ3v) is 3.91. The van der Waals surface area contributed by atoms with Crippen molar-refractivity contribution in [2.24, 2.45) is 0 Å². The van der Waals surface area contributed by atoms with E-state index >= 15 is 0 Å². The van der Waals surface area contributed by atoms with E-state index in [1.165, 1.54) is 0 Å².